The Morgan fingerprint density at radius 2 is 2.24 bits per heavy atom. The van der Waals surface area contributed by atoms with E-state index in [1.807, 2.05) is 0 Å². The van der Waals surface area contributed by atoms with Crippen LogP contribution in [0, 0.1) is 0 Å². The number of unbranched alkanes of at least 4 members (excludes halogenated alkanes) is 2. The molecule has 1 atom stereocenters. The number of esters is 1. The molecule has 0 bridgehead atoms. The number of hydrogen-bond donors (Lipinski definition) is 1. The van der Waals surface area contributed by atoms with Gasteiger partial charge in [0.1, 0.15) is 12.5 Å². The molecule has 96 valence electrons. The van der Waals surface area contributed by atoms with Gasteiger partial charge in [0.05, 0.1) is 0 Å². The molecule has 0 amide bonds. The van der Waals surface area contributed by atoms with Gasteiger partial charge in [-0.1, -0.05) is 25.8 Å². The summed E-state index contributed by atoms with van der Waals surface area (Å²) in [5.41, 5.74) is 1.16. The first-order chi connectivity index (χ1) is 8.13. The molecule has 1 N–H and O–H groups in total. The molecule has 0 fully saturated rings. The highest BCUT2D eigenvalue weighted by atomic mass is 16.5. The smallest absolute Gasteiger partial charge is 0.317 e. The summed E-state index contributed by atoms with van der Waals surface area (Å²) in [5, 5.41) is 8.48. The molecule has 0 aromatic rings. The van der Waals surface area contributed by atoms with E-state index in [0.717, 1.165) is 37.7 Å². The first kappa shape index (κ1) is 13.7. The normalized spacial score (nSPS) is 18.9. The fourth-order valence-corrected chi connectivity index (χ4v) is 2.04. The van der Waals surface area contributed by atoms with Gasteiger partial charge in [0, 0.05) is 0 Å². The van der Waals surface area contributed by atoms with E-state index in [1.54, 1.807) is 0 Å². The van der Waals surface area contributed by atoms with Crippen molar-refractivity contribution in [3.05, 3.63) is 11.6 Å². The third-order valence-corrected chi connectivity index (χ3v) is 2.89. The van der Waals surface area contributed by atoms with Crippen LogP contribution in [0.25, 0.3) is 0 Å². The average molecular weight is 240 g/mol. The Balaban J connectivity index is 2.35. The number of carbonyl (C=O) groups is 2. The Kier molecular flexibility index (Phi) is 5.73. The fraction of sp³-hybridized carbons (Fsp3) is 0.692. The zero-order chi connectivity index (χ0) is 12.7. The summed E-state index contributed by atoms with van der Waals surface area (Å²) in [5.74, 6) is -1.77. The lowest BCUT2D eigenvalue weighted by atomic mass is 10.1. The van der Waals surface area contributed by atoms with E-state index in [9.17, 15) is 9.59 Å². The Bertz CT molecular complexity index is 307. The maximum atomic E-state index is 11.3. The van der Waals surface area contributed by atoms with Crippen LogP contribution in [0.15, 0.2) is 11.6 Å². The van der Waals surface area contributed by atoms with Gasteiger partial charge in [-0.15, -0.1) is 0 Å². The van der Waals surface area contributed by atoms with Crippen molar-refractivity contribution in [2.45, 2.75) is 58.0 Å². The molecular weight excluding hydrogens is 220 g/mol. The van der Waals surface area contributed by atoms with Gasteiger partial charge >= 0.3 is 11.9 Å². The average Bonchev–Trinajstić information content (AvgIpc) is 2.65. The number of carboxylic acids is 1. The number of allylic oxidation sites excluding steroid dienone is 1. The van der Waals surface area contributed by atoms with Gasteiger partial charge < -0.3 is 9.84 Å². The summed E-state index contributed by atoms with van der Waals surface area (Å²) in [6.45, 7) is 2.15. The van der Waals surface area contributed by atoms with Crippen molar-refractivity contribution < 1.29 is 19.4 Å². The first-order valence-corrected chi connectivity index (χ1v) is 6.23. The number of ether oxygens (including phenoxy) is 1. The molecule has 0 aromatic carbocycles. The van der Waals surface area contributed by atoms with Crippen LogP contribution in [-0.4, -0.2) is 23.1 Å². The Labute approximate surface area is 102 Å². The number of hydrogen-bond acceptors (Lipinski definition) is 3. The zero-order valence-corrected chi connectivity index (χ0v) is 10.3. The van der Waals surface area contributed by atoms with Gasteiger partial charge in [-0.2, -0.15) is 0 Å². The van der Waals surface area contributed by atoms with Crippen LogP contribution in [0.4, 0.5) is 0 Å². The lowest BCUT2D eigenvalue weighted by Gasteiger charge is -2.15. The van der Waals surface area contributed by atoms with Crippen molar-refractivity contribution in [3.8, 4) is 0 Å². The third kappa shape index (κ3) is 5.02. The van der Waals surface area contributed by atoms with Crippen molar-refractivity contribution in [2.75, 3.05) is 0 Å². The Morgan fingerprint density at radius 1 is 1.47 bits per heavy atom. The minimum atomic E-state index is -1.13. The molecule has 4 heteroatoms. The fourth-order valence-electron chi connectivity index (χ4n) is 2.04. The molecule has 4 nitrogen and oxygen atoms in total. The SMILES string of the molecule is CCCCCC1=CCC[C@H]1OC(=O)CC(=O)O. The van der Waals surface area contributed by atoms with E-state index in [4.69, 9.17) is 9.84 Å². The third-order valence-electron chi connectivity index (χ3n) is 2.89. The maximum absolute atomic E-state index is 11.3. The van der Waals surface area contributed by atoms with E-state index >= 15 is 0 Å². The van der Waals surface area contributed by atoms with Crippen LogP contribution >= 0.6 is 0 Å². The van der Waals surface area contributed by atoms with Crippen molar-refractivity contribution in [1.82, 2.24) is 0 Å². The molecule has 1 aliphatic rings. The second-order valence-corrected chi connectivity index (χ2v) is 4.36. The van der Waals surface area contributed by atoms with Crippen LogP contribution in [0.2, 0.25) is 0 Å². The maximum Gasteiger partial charge on any atom is 0.317 e. The van der Waals surface area contributed by atoms with Gasteiger partial charge in [0.2, 0.25) is 0 Å². The predicted molar refractivity (Wildman–Crippen MR) is 63.6 cm³/mol. The standard InChI is InChI=1S/C13H20O4/c1-2-3-4-6-10-7-5-8-11(10)17-13(16)9-12(14)15/h7,11H,2-6,8-9H2,1H3,(H,14,15)/t11-/m1/s1. The Hall–Kier alpha value is -1.32. The largest absolute Gasteiger partial charge is 0.481 e. The summed E-state index contributed by atoms with van der Waals surface area (Å²) in [6.07, 6.45) is 7.52. The molecule has 0 unspecified atom stereocenters. The molecule has 0 radical (unpaired) electrons. The van der Waals surface area contributed by atoms with Crippen LogP contribution in [0.5, 0.6) is 0 Å². The van der Waals surface area contributed by atoms with Crippen molar-refractivity contribution >= 4 is 11.9 Å². The van der Waals surface area contributed by atoms with Gasteiger partial charge in [0.15, 0.2) is 0 Å². The molecule has 0 aromatic heterocycles. The van der Waals surface area contributed by atoms with Crippen LogP contribution in [0.1, 0.15) is 51.9 Å². The van der Waals surface area contributed by atoms with E-state index in [2.05, 4.69) is 13.0 Å². The highest BCUT2D eigenvalue weighted by Gasteiger charge is 2.23. The number of carbonyl (C=O) groups excluding carboxylic acids is 1. The number of aliphatic carboxylic acids is 1. The van der Waals surface area contributed by atoms with Crippen LogP contribution in [-0.2, 0) is 14.3 Å². The summed E-state index contributed by atoms with van der Waals surface area (Å²) >= 11 is 0. The molecular formula is C13H20O4. The molecule has 0 heterocycles. The van der Waals surface area contributed by atoms with Crippen LogP contribution < -0.4 is 0 Å². The van der Waals surface area contributed by atoms with E-state index in [-0.39, 0.29) is 6.10 Å². The van der Waals surface area contributed by atoms with Gasteiger partial charge in [-0.25, -0.2) is 0 Å². The minimum Gasteiger partial charge on any atom is -0.481 e. The van der Waals surface area contributed by atoms with E-state index in [0.29, 0.717) is 0 Å². The van der Waals surface area contributed by atoms with Crippen LogP contribution in [0.3, 0.4) is 0 Å². The number of rotatable bonds is 7. The van der Waals surface area contributed by atoms with Gasteiger partial charge in [0.25, 0.3) is 0 Å². The topological polar surface area (TPSA) is 63.6 Å². The summed E-state index contributed by atoms with van der Waals surface area (Å²) in [6, 6.07) is 0. The summed E-state index contributed by atoms with van der Waals surface area (Å²) < 4.78 is 5.18. The summed E-state index contributed by atoms with van der Waals surface area (Å²) in [4.78, 5) is 21.6. The minimum absolute atomic E-state index is 0.182. The van der Waals surface area contributed by atoms with Gasteiger partial charge in [-0.3, -0.25) is 9.59 Å². The molecule has 1 aliphatic carbocycles. The molecule has 0 aliphatic heterocycles. The number of carboxylic acid groups (broad SMARTS) is 1. The molecule has 1 rings (SSSR count). The van der Waals surface area contributed by atoms with E-state index in [1.165, 1.54) is 6.42 Å². The molecule has 0 saturated carbocycles. The molecule has 17 heavy (non-hydrogen) atoms. The van der Waals surface area contributed by atoms with Gasteiger partial charge in [-0.05, 0) is 31.3 Å². The second-order valence-electron chi connectivity index (χ2n) is 4.36. The summed E-state index contributed by atoms with van der Waals surface area (Å²) in [7, 11) is 0. The van der Waals surface area contributed by atoms with Crippen molar-refractivity contribution in [3.63, 3.8) is 0 Å². The predicted octanol–water partition coefficient (Wildman–Crippen LogP) is 2.67. The lowest BCUT2D eigenvalue weighted by Crippen LogP contribution is -2.20. The molecule has 0 saturated heterocycles. The van der Waals surface area contributed by atoms with Crippen molar-refractivity contribution in [2.24, 2.45) is 0 Å². The highest BCUT2D eigenvalue weighted by Crippen LogP contribution is 2.26. The monoisotopic (exact) mass is 240 g/mol. The zero-order valence-electron chi connectivity index (χ0n) is 10.3. The second kappa shape index (κ2) is 7.09. The highest BCUT2D eigenvalue weighted by molar-refractivity contribution is 5.90. The lowest BCUT2D eigenvalue weighted by molar-refractivity contribution is -0.153. The Morgan fingerprint density at radius 3 is 2.88 bits per heavy atom. The first-order valence-electron chi connectivity index (χ1n) is 6.23. The van der Waals surface area contributed by atoms with E-state index < -0.39 is 18.4 Å². The molecule has 0 spiro atoms. The quantitative estimate of drug-likeness (QED) is 0.321. The van der Waals surface area contributed by atoms with Crippen molar-refractivity contribution in [1.29, 1.82) is 0 Å².